The molecule has 3 aromatic rings. The molecule has 0 aliphatic heterocycles. The Hall–Kier alpha value is -2.84. The lowest BCUT2D eigenvalue weighted by atomic mass is 10.2. The third kappa shape index (κ3) is 3.81. The van der Waals surface area contributed by atoms with Crippen molar-refractivity contribution in [3.8, 4) is 22.8 Å². The topological polar surface area (TPSA) is 94.1 Å². The Morgan fingerprint density at radius 3 is 2.26 bits per heavy atom. The van der Waals surface area contributed by atoms with E-state index in [1.807, 2.05) is 0 Å². The first-order valence-electron chi connectivity index (χ1n) is 7.76. The largest absolute Gasteiger partial charge is 0.495 e. The van der Waals surface area contributed by atoms with E-state index in [-0.39, 0.29) is 0 Å². The van der Waals surface area contributed by atoms with Crippen LogP contribution in [0.5, 0.6) is 11.5 Å². The van der Waals surface area contributed by atoms with E-state index in [0.29, 0.717) is 50.1 Å². The first kappa shape index (κ1) is 18.9. The van der Waals surface area contributed by atoms with Crippen molar-refractivity contribution in [1.29, 1.82) is 0 Å². The normalized spacial score (nSPS) is 10.4. The van der Waals surface area contributed by atoms with Crippen LogP contribution in [0.2, 0.25) is 10.0 Å². The number of halogens is 2. The predicted octanol–water partition coefficient (Wildman–Crippen LogP) is 4.04. The number of anilines is 3. The molecular weight excluding hydrogens is 391 g/mol. The molecule has 0 spiro atoms. The molecule has 0 unspecified atom stereocenters. The molecule has 0 saturated heterocycles. The SMILES string of the molecule is CNc1cc(-c2cncnc2Nc2c(Cl)c(OC)cc(OC)c2Cl)ncn1. The van der Waals surface area contributed by atoms with Crippen LogP contribution in [0, 0.1) is 0 Å². The summed E-state index contributed by atoms with van der Waals surface area (Å²) >= 11 is 12.9. The fourth-order valence-electron chi connectivity index (χ4n) is 2.37. The fourth-order valence-corrected chi connectivity index (χ4v) is 2.97. The average molecular weight is 407 g/mol. The number of hydrogen-bond donors (Lipinski definition) is 2. The van der Waals surface area contributed by atoms with Gasteiger partial charge in [0.15, 0.2) is 0 Å². The van der Waals surface area contributed by atoms with Gasteiger partial charge in [-0.1, -0.05) is 23.2 Å². The number of ether oxygens (including phenoxy) is 2. The van der Waals surface area contributed by atoms with Crippen molar-refractivity contribution in [1.82, 2.24) is 19.9 Å². The first-order chi connectivity index (χ1) is 13.1. The molecule has 1 aromatic carbocycles. The lowest BCUT2D eigenvalue weighted by Gasteiger charge is -2.17. The van der Waals surface area contributed by atoms with Crippen LogP contribution in [0.3, 0.4) is 0 Å². The summed E-state index contributed by atoms with van der Waals surface area (Å²) in [6.45, 7) is 0. The van der Waals surface area contributed by atoms with Crippen LogP contribution in [-0.2, 0) is 0 Å². The fraction of sp³-hybridized carbons (Fsp3) is 0.176. The quantitative estimate of drug-likeness (QED) is 0.632. The zero-order chi connectivity index (χ0) is 19.4. The zero-order valence-electron chi connectivity index (χ0n) is 14.7. The monoisotopic (exact) mass is 406 g/mol. The van der Waals surface area contributed by atoms with E-state index >= 15 is 0 Å². The van der Waals surface area contributed by atoms with Gasteiger partial charge in [0, 0.05) is 25.4 Å². The summed E-state index contributed by atoms with van der Waals surface area (Å²) < 4.78 is 10.6. The Labute approximate surface area is 165 Å². The van der Waals surface area contributed by atoms with E-state index in [2.05, 4.69) is 30.6 Å². The van der Waals surface area contributed by atoms with E-state index in [9.17, 15) is 0 Å². The third-order valence-corrected chi connectivity index (χ3v) is 4.48. The van der Waals surface area contributed by atoms with Crippen molar-refractivity contribution < 1.29 is 9.47 Å². The summed E-state index contributed by atoms with van der Waals surface area (Å²) in [5, 5.41) is 6.70. The highest BCUT2D eigenvalue weighted by atomic mass is 35.5. The maximum Gasteiger partial charge on any atom is 0.143 e. The summed E-state index contributed by atoms with van der Waals surface area (Å²) in [4.78, 5) is 16.8. The van der Waals surface area contributed by atoms with E-state index in [4.69, 9.17) is 32.7 Å². The summed E-state index contributed by atoms with van der Waals surface area (Å²) in [7, 11) is 4.79. The standard InChI is InChI=1S/C17H16Cl2N6O2/c1-20-13-4-10(22-8-23-13)9-6-21-7-24-17(9)25-16-14(18)11(26-2)5-12(27-3)15(16)19/h4-8H,1-3H3,(H,20,22,23)(H,21,24,25). The zero-order valence-corrected chi connectivity index (χ0v) is 16.3. The Morgan fingerprint density at radius 1 is 0.926 bits per heavy atom. The summed E-state index contributed by atoms with van der Waals surface area (Å²) in [6, 6.07) is 3.39. The van der Waals surface area contributed by atoms with Crippen LogP contribution in [0.25, 0.3) is 11.3 Å². The number of hydrogen-bond acceptors (Lipinski definition) is 8. The first-order valence-corrected chi connectivity index (χ1v) is 8.51. The molecule has 0 fully saturated rings. The van der Waals surface area contributed by atoms with Crippen LogP contribution in [0.1, 0.15) is 0 Å². The molecule has 2 heterocycles. The highest BCUT2D eigenvalue weighted by Crippen LogP contribution is 2.45. The molecular formula is C17H16Cl2N6O2. The molecule has 0 saturated carbocycles. The number of nitrogens with zero attached hydrogens (tertiary/aromatic N) is 4. The number of nitrogens with one attached hydrogen (secondary N) is 2. The van der Waals surface area contributed by atoms with Crippen LogP contribution in [0.4, 0.5) is 17.3 Å². The van der Waals surface area contributed by atoms with Gasteiger partial charge in [-0.15, -0.1) is 0 Å². The minimum atomic E-state index is 0.298. The molecule has 140 valence electrons. The van der Waals surface area contributed by atoms with Crippen molar-refractivity contribution in [2.24, 2.45) is 0 Å². The molecule has 3 rings (SSSR count). The Morgan fingerprint density at radius 2 is 1.63 bits per heavy atom. The molecule has 27 heavy (non-hydrogen) atoms. The molecule has 2 aromatic heterocycles. The Balaban J connectivity index is 2.10. The summed E-state index contributed by atoms with van der Waals surface area (Å²) in [5.41, 5.74) is 1.67. The predicted molar refractivity (Wildman–Crippen MR) is 105 cm³/mol. The molecule has 2 N–H and O–H groups in total. The van der Waals surface area contributed by atoms with Gasteiger partial charge in [-0.3, -0.25) is 0 Å². The lowest BCUT2D eigenvalue weighted by Crippen LogP contribution is -2.02. The minimum absolute atomic E-state index is 0.298. The van der Waals surface area contributed by atoms with Gasteiger partial charge in [-0.2, -0.15) is 0 Å². The minimum Gasteiger partial charge on any atom is -0.495 e. The van der Waals surface area contributed by atoms with E-state index < -0.39 is 0 Å². The number of rotatable bonds is 6. The maximum atomic E-state index is 6.43. The third-order valence-electron chi connectivity index (χ3n) is 3.73. The average Bonchev–Trinajstić information content (AvgIpc) is 2.71. The van der Waals surface area contributed by atoms with E-state index in [0.717, 1.165) is 0 Å². The van der Waals surface area contributed by atoms with Crippen LogP contribution < -0.4 is 20.1 Å². The van der Waals surface area contributed by atoms with Crippen LogP contribution >= 0.6 is 23.2 Å². The van der Waals surface area contributed by atoms with E-state index in [1.54, 1.807) is 25.4 Å². The van der Waals surface area contributed by atoms with Crippen molar-refractivity contribution in [3.05, 3.63) is 41.0 Å². The molecule has 0 radical (unpaired) electrons. The van der Waals surface area contributed by atoms with Gasteiger partial charge < -0.3 is 20.1 Å². The van der Waals surface area contributed by atoms with E-state index in [1.165, 1.54) is 26.9 Å². The molecule has 0 aliphatic carbocycles. The van der Waals surface area contributed by atoms with Gasteiger partial charge in [-0.05, 0) is 0 Å². The van der Waals surface area contributed by atoms with Crippen molar-refractivity contribution in [2.75, 3.05) is 31.9 Å². The van der Waals surface area contributed by atoms with Gasteiger partial charge in [0.25, 0.3) is 0 Å². The second kappa shape index (κ2) is 8.24. The Bertz CT molecular complexity index is 942. The molecule has 10 heteroatoms. The van der Waals surface area contributed by atoms with Crippen LogP contribution in [0.15, 0.2) is 31.0 Å². The number of benzene rings is 1. The second-order valence-electron chi connectivity index (χ2n) is 5.23. The summed E-state index contributed by atoms with van der Waals surface area (Å²) in [6.07, 6.45) is 4.49. The molecule has 0 bridgehead atoms. The molecule has 0 atom stereocenters. The van der Waals surface area contributed by atoms with Crippen LogP contribution in [-0.4, -0.2) is 41.2 Å². The van der Waals surface area contributed by atoms with Crippen molar-refractivity contribution >= 4 is 40.5 Å². The highest BCUT2D eigenvalue weighted by molar-refractivity contribution is 6.41. The van der Waals surface area contributed by atoms with Gasteiger partial charge in [-0.25, -0.2) is 19.9 Å². The molecule has 0 aliphatic rings. The van der Waals surface area contributed by atoms with Gasteiger partial charge in [0.2, 0.25) is 0 Å². The molecule has 8 nitrogen and oxygen atoms in total. The summed E-state index contributed by atoms with van der Waals surface area (Å²) in [5.74, 6) is 1.95. The molecule has 0 amide bonds. The highest BCUT2D eigenvalue weighted by Gasteiger charge is 2.19. The van der Waals surface area contributed by atoms with Gasteiger partial charge in [0.1, 0.15) is 45.8 Å². The van der Waals surface area contributed by atoms with Gasteiger partial charge >= 0.3 is 0 Å². The van der Waals surface area contributed by atoms with Crippen molar-refractivity contribution in [2.45, 2.75) is 0 Å². The smallest absolute Gasteiger partial charge is 0.143 e. The lowest BCUT2D eigenvalue weighted by molar-refractivity contribution is 0.395. The van der Waals surface area contributed by atoms with Gasteiger partial charge in [0.05, 0.1) is 31.2 Å². The number of methoxy groups -OCH3 is 2. The second-order valence-corrected chi connectivity index (χ2v) is 5.99. The maximum absolute atomic E-state index is 6.43. The number of aromatic nitrogens is 4. The van der Waals surface area contributed by atoms with Crippen molar-refractivity contribution in [3.63, 3.8) is 0 Å². The Kier molecular flexibility index (Phi) is 5.78.